The van der Waals surface area contributed by atoms with E-state index < -0.39 is 0 Å². The minimum Gasteiger partial charge on any atom is -0.508 e. The molecule has 1 saturated heterocycles. The lowest BCUT2D eigenvalue weighted by Crippen LogP contribution is -2.33. The van der Waals surface area contributed by atoms with E-state index in [-0.39, 0.29) is 0 Å². The fourth-order valence-electron chi connectivity index (χ4n) is 2.86. The number of rotatable bonds is 4. The van der Waals surface area contributed by atoms with E-state index >= 15 is 0 Å². The Labute approximate surface area is 116 Å². The monoisotopic (exact) mass is 262 g/mol. The number of nitrogens with one attached hydrogen (secondary N) is 2. The molecule has 1 heterocycles. The smallest absolute Gasteiger partial charge is 0.115 e. The predicted octanol–water partition coefficient (Wildman–Crippen LogP) is 3.42. The normalized spacial score (nSPS) is 21.7. The summed E-state index contributed by atoms with van der Waals surface area (Å²) in [5.41, 5.74) is 2.22. The highest BCUT2D eigenvalue weighted by Gasteiger charge is 2.15. The van der Waals surface area contributed by atoms with Crippen molar-refractivity contribution in [2.75, 3.05) is 11.9 Å². The fourth-order valence-corrected chi connectivity index (χ4v) is 2.86. The van der Waals surface area contributed by atoms with Crippen LogP contribution in [-0.4, -0.2) is 23.7 Å². The first-order valence-electron chi connectivity index (χ1n) is 7.44. The second kappa shape index (κ2) is 6.80. The van der Waals surface area contributed by atoms with Gasteiger partial charge in [-0.1, -0.05) is 12.8 Å². The molecule has 2 rings (SSSR count). The van der Waals surface area contributed by atoms with Crippen molar-refractivity contribution < 1.29 is 5.11 Å². The molecule has 3 heteroatoms. The number of anilines is 1. The van der Waals surface area contributed by atoms with Gasteiger partial charge >= 0.3 is 0 Å². The van der Waals surface area contributed by atoms with Crippen LogP contribution in [0, 0.1) is 6.92 Å². The number of phenols is 1. The Balaban J connectivity index is 1.87. The van der Waals surface area contributed by atoms with Crippen LogP contribution in [0.15, 0.2) is 18.2 Å². The van der Waals surface area contributed by atoms with E-state index in [0.717, 1.165) is 24.2 Å². The summed E-state index contributed by atoms with van der Waals surface area (Å²) in [6.45, 7) is 5.42. The highest BCUT2D eigenvalue weighted by Crippen LogP contribution is 2.22. The van der Waals surface area contributed by atoms with E-state index in [4.69, 9.17) is 0 Å². The van der Waals surface area contributed by atoms with Crippen LogP contribution in [0.4, 0.5) is 5.69 Å². The molecule has 0 spiro atoms. The molecule has 106 valence electrons. The lowest BCUT2D eigenvalue weighted by atomic mass is 10.0. The molecule has 2 unspecified atom stereocenters. The number of aryl methyl sites for hydroxylation is 1. The van der Waals surface area contributed by atoms with Crippen LogP contribution >= 0.6 is 0 Å². The van der Waals surface area contributed by atoms with Crippen LogP contribution in [0.3, 0.4) is 0 Å². The molecule has 0 aliphatic carbocycles. The second-order valence-corrected chi connectivity index (χ2v) is 5.78. The Bertz CT molecular complexity index is 398. The Morgan fingerprint density at radius 3 is 3.00 bits per heavy atom. The third-order valence-corrected chi connectivity index (χ3v) is 3.91. The quantitative estimate of drug-likeness (QED) is 0.728. The first-order valence-corrected chi connectivity index (χ1v) is 7.44. The maximum absolute atomic E-state index is 9.43. The number of hydrogen-bond donors (Lipinski definition) is 3. The summed E-state index contributed by atoms with van der Waals surface area (Å²) in [5.74, 6) is 0.334. The van der Waals surface area contributed by atoms with Gasteiger partial charge < -0.3 is 15.7 Å². The van der Waals surface area contributed by atoms with Crippen molar-refractivity contribution in [3.8, 4) is 5.75 Å². The van der Waals surface area contributed by atoms with Crippen molar-refractivity contribution in [3.05, 3.63) is 23.8 Å². The largest absolute Gasteiger partial charge is 0.508 e. The van der Waals surface area contributed by atoms with Gasteiger partial charge in [0.1, 0.15) is 5.75 Å². The summed E-state index contributed by atoms with van der Waals surface area (Å²) in [6, 6.07) is 6.59. The standard InChI is InChI=1S/C16H26N2O/c1-12-10-15(19)7-8-16(12)18-13(2)11-14-6-4-3-5-9-17-14/h7-8,10,13-14,17-19H,3-6,9,11H2,1-2H3. The van der Waals surface area contributed by atoms with Gasteiger partial charge in [-0.05, 0) is 63.4 Å². The van der Waals surface area contributed by atoms with Gasteiger partial charge in [-0.2, -0.15) is 0 Å². The maximum Gasteiger partial charge on any atom is 0.115 e. The molecule has 0 amide bonds. The van der Waals surface area contributed by atoms with Crippen LogP contribution < -0.4 is 10.6 Å². The Kier molecular flexibility index (Phi) is 5.08. The lowest BCUT2D eigenvalue weighted by molar-refractivity contribution is 0.455. The van der Waals surface area contributed by atoms with Gasteiger partial charge in [-0.3, -0.25) is 0 Å². The SMILES string of the molecule is Cc1cc(O)ccc1NC(C)CC1CCCCCN1. The molecule has 1 fully saturated rings. The van der Waals surface area contributed by atoms with Crippen LogP contribution in [-0.2, 0) is 0 Å². The molecule has 1 aromatic carbocycles. The maximum atomic E-state index is 9.43. The van der Waals surface area contributed by atoms with Gasteiger partial charge in [0.2, 0.25) is 0 Å². The average molecular weight is 262 g/mol. The summed E-state index contributed by atoms with van der Waals surface area (Å²) in [6.07, 6.45) is 6.47. The van der Waals surface area contributed by atoms with E-state index in [1.165, 1.54) is 25.7 Å². The fraction of sp³-hybridized carbons (Fsp3) is 0.625. The van der Waals surface area contributed by atoms with Crippen LogP contribution in [0.1, 0.15) is 44.6 Å². The molecule has 3 nitrogen and oxygen atoms in total. The third kappa shape index (κ3) is 4.43. The molecule has 0 bridgehead atoms. The molecule has 0 saturated carbocycles. The van der Waals surface area contributed by atoms with E-state index in [9.17, 15) is 5.11 Å². The summed E-state index contributed by atoms with van der Waals surface area (Å²) >= 11 is 0. The Morgan fingerprint density at radius 2 is 2.21 bits per heavy atom. The van der Waals surface area contributed by atoms with Crippen molar-refractivity contribution in [2.45, 2.75) is 58.0 Å². The van der Waals surface area contributed by atoms with Gasteiger partial charge in [0.25, 0.3) is 0 Å². The van der Waals surface area contributed by atoms with E-state index in [1.807, 2.05) is 13.0 Å². The molecule has 19 heavy (non-hydrogen) atoms. The molecule has 2 atom stereocenters. The number of aromatic hydroxyl groups is 1. The van der Waals surface area contributed by atoms with Gasteiger partial charge in [0.15, 0.2) is 0 Å². The Hall–Kier alpha value is -1.22. The lowest BCUT2D eigenvalue weighted by Gasteiger charge is -2.23. The van der Waals surface area contributed by atoms with Crippen LogP contribution in [0.25, 0.3) is 0 Å². The van der Waals surface area contributed by atoms with Gasteiger partial charge in [-0.15, -0.1) is 0 Å². The molecular formula is C16H26N2O. The molecule has 1 aliphatic rings. The van der Waals surface area contributed by atoms with E-state index in [0.29, 0.717) is 17.8 Å². The Morgan fingerprint density at radius 1 is 1.37 bits per heavy atom. The first kappa shape index (κ1) is 14.2. The zero-order chi connectivity index (χ0) is 13.7. The highest BCUT2D eigenvalue weighted by molar-refractivity contribution is 5.53. The van der Waals surface area contributed by atoms with Crippen LogP contribution in [0.2, 0.25) is 0 Å². The summed E-state index contributed by atoms with van der Waals surface area (Å²) in [7, 11) is 0. The molecule has 0 aromatic heterocycles. The molecule has 1 aromatic rings. The molecular weight excluding hydrogens is 236 g/mol. The molecule has 0 radical (unpaired) electrons. The third-order valence-electron chi connectivity index (χ3n) is 3.91. The zero-order valence-electron chi connectivity index (χ0n) is 12.1. The molecule has 3 N–H and O–H groups in total. The highest BCUT2D eigenvalue weighted by atomic mass is 16.3. The second-order valence-electron chi connectivity index (χ2n) is 5.78. The van der Waals surface area contributed by atoms with E-state index in [1.54, 1.807) is 12.1 Å². The first-order chi connectivity index (χ1) is 9.15. The van der Waals surface area contributed by atoms with Gasteiger partial charge in [0, 0.05) is 17.8 Å². The summed E-state index contributed by atoms with van der Waals surface area (Å²) < 4.78 is 0. The predicted molar refractivity (Wildman–Crippen MR) is 80.8 cm³/mol. The van der Waals surface area contributed by atoms with Gasteiger partial charge in [0.05, 0.1) is 0 Å². The summed E-state index contributed by atoms with van der Waals surface area (Å²) in [5, 5.41) is 16.6. The summed E-state index contributed by atoms with van der Waals surface area (Å²) in [4.78, 5) is 0. The van der Waals surface area contributed by atoms with Crippen molar-refractivity contribution in [1.29, 1.82) is 0 Å². The van der Waals surface area contributed by atoms with Crippen molar-refractivity contribution in [2.24, 2.45) is 0 Å². The van der Waals surface area contributed by atoms with Crippen molar-refractivity contribution in [3.63, 3.8) is 0 Å². The van der Waals surface area contributed by atoms with Crippen molar-refractivity contribution >= 4 is 5.69 Å². The average Bonchev–Trinajstić information content (AvgIpc) is 2.61. The number of hydrogen-bond acceptors (Lipinski definition) is 3. The minimum absolute atomic E-state index is 0.334. The van der Waals surface area contributed by atoms with Gasteiger partial charge in [-0.25, -0.2) is 0 Å². The van der Waals surface area contributed by atoms with Crippen molar-refractivity contribution in [1.82, 2.24) is 5.32 Å². The van der Waals surface area contributed by atoms with E-state index in [2.05, 4.69) is 17.6 Å². The molecule has 1 aliphatic heterocycles. The topological polar surface area (TPSA) is 44.3 Å². The zero-order valence-corrected chi connectivity index (χ0v) is 12.1. The number of phenolic OH excluding ortho intramolecular Hbond substituents is 1. The van der Waals surface area contributed by atoms with Crippen LogP contribution in [0.5, 0.6) is 5.75 Å². The minimum atomic E-state index is 0.334. The number of benzene rings is 1.